The number of hydrogen-bond donors (Lipinski definition) is 0. The highest BCUT2D eigenvalue weighted by molar-refractivity contribution is 4.79. The lowest BCUT2D eigenvalue weighted by molar-refractivity contribution is 0.248. The van der Waals surface area contributed by atoms with E-state index < -0.39 is 0 Å². The number of nitrogens with zero attached hydrogens (tertiary/aromatic N) is 2. The van der Waals surface area contributed by atoms with Crippen LogP contribution in [-0.2, 0) is 0 Å². The molecule has 1 aliphatic rings. The molecular weight excluding hydrogens is 124 g/mol. The zero-order valence-electron chi connectivity index (χ0n) is 6.51. The molecule has 0 N–H and O–H groups in total. The molecule has 0 aromatic carbocycles. The molecule has 1 rings (SSSR count). The van der Waals surface area contributed by atoms with Crippen molar-refractivity contribution in [2.75, 3.05) is 13.1 Å². The Morgan fingerprint density at radius 1 is 1.50 bits per heavy atom. The van der Waals surface area contributed by atoms with Crippen LogP contribution in [0.5, 0.6) is 0 Å². The van der Waals surface area contributed by atoms with E-state index in [9.17, 15) is 0 Å². The fourth-order valence-electron chi connectivity index (χ4n) is 1.44. The van der Waals surface area contributed by atoms with E-state index >= 15 is 0 Å². The number of hydrogen-bond acceptors (Lipinski definition) is 2. The molecule has 10 heavy (non-hydrogen) atoms. The second-order valence-corrected chi connectivity index (χ2v) is 2.94. The first-order valence-electron chi connectivity index (χ1n) is 4.01. The van der Waals surface area contributed by atoms with Crippen LogP contribution in [0.1, 0.15) is 26.2 Å². The van der Waals surface area contributed by atoms with Crippen LogP contribution in [0.4, 0.5) is 0 Å². The minimum atomic E-state index is 0.879. The number of piperidine rings is 1. The van der Waals surface area contributed by atoms with Crippen LogP contribution >= 0.6 is 0 Å². The third kappa shape index (κ3) is 1.63. The summed E-state index contributed by atoms with van der Waals surface area (Å²) < 4.78 is 0. The van der Waals surface area contributed by atoms with Gasteiger partial charge in [0.2, 0.25) is 0 Å². The van der Waals surface area contributed by atoms with Gasteiger partial charge in [-0.15, -0.1) is 0 Å². The predicted octanol–water partition coefficient (Wildman–Crippen LogP) is 1.59. The summed E-state index contributed by atoms with van der Waals surface area (Å²) in [5.74, 6) is 0.879. The molecule has 2 nitrogen and oxygen atoms in total. The molecular formula is C8H14N2. The van der Waals surface area contributed by atoms with Crippen molar-refractivity contribution in [2.24, 2.45) is 5.92 Å². The Morgan fingerprint density at radius 3 is 2.50 bits per heavy atom. The van der Waals surface area contributed by atoms with Gasteiger partial charge in [-0.1, -0.05) is 13.3 Å². The van der Waals surface area contributed by atoms with Gasteiger partial charge >= 0.3 is 0 Å². The zero-order valence-corrected chi connectivity index (χ0v) is 6.51. The van der Waals surface area contributed by atoms with E-state index in [0.717, 1.165) is 19.0 Å². The van der Waals surface area contributed by atoms with E-state index in [1.54, 1.807) is 0 Å². The number of likely N-dealkylation sites (tertiary alicyclic amines) is 1. The lowest BCUT2D eigenvalue weighted by Gasteiger charge is -2.26. The first kappa shape index (κ1) is 7.40. The summed E-state index contributed by atoms with van der Waals surface area (Å²) in [6.07, 6.45) is 5.88. The Bertz CT molecular complexity index is 129. The molecule has 1 heterocycles. The van der Waals surface area contributed by atoms with E-state index in [1.807, 2.05) is 4.90 Å². The molecule has 1 aliphatic heterocycles. The molecule has 0 amide bonds. The van der Waals surface area contributed by atoms with Crippen molar-refractivity contribution in [3.8, 4) is 6.19 Å². The van der Waals surface area contributed by atoms with Crippen LogP contribution < -0.4 is 0 Å². The van der Waals surface area contributed by atoms with Crippen molar-refractivity contribution in [2.45, 2.75) is 26.2 Å². The molecule has 1 saturated heterocycles. The van der Waals surface area contributed by atoms with E-state index in [1.165, 1.54) is 19.3 Å². The second kappa shape index (κ2) is 3.46. The average Bonchev–Trinajstić information content (AvgIpc) is 2.05. The van der Waals surface area contributed by atoms with Gasteiger partial charge in [-0.3, -0.25) is 0 Å². The molecule has 0 unspecified atom stereocenters. The smallest absolute Gasteiger partial charge is 0.179 e. The average molecular weight is 138 g/mol. The van der Waals surface area contributed by atoms with Gasteiger partial charge in [-0.25, -0.2) is 0 Å². The normalized spacial score (nSPS) is 20.6. The quantitative estimate of drug-likeness (QED) is 0.514. The van der Waals surface area contributed by atoms with Crippen LogP contribution in [0.25, 0.3) is 0 Å². The molecule has 2 heteroatoms. The minimum Gasteiger partial charge on any atom is -0.311 e. The fourth-order valence-corrected chi connectivity index (χ4v) is 1.44. The highest BCUT2D eigenvalue weighted by Crippen LogP contribution is 2.18. The van der Waals surface area contributed by atoms with Crippen molar-refractivity contribution >= 4 is 0 Å². The van der Waals surface area contributed by atoms with E-state index in [2.05, 4.69) is 13.1 Å². The van der Waals surface area contributed by atoms with Gasteiger partial charge < -0.3 is 4.90 Å². The molecule has 1 fully saturated rings. The summed E-state index contributed by atoms with van der Waals surface area (Å²) in [5, 5.41) is 8.53. The summed E-state index contributed by atoms with van der Waals surface area (Å²) in [4.78, 5) is 1.85. The van der Waals surface area contributed by atoms with Gasteiger partial charge in [-0.05, 0) is 18.8 Å². The monoisotopic (exact) mass is 138 g/mol. The molecule has 0 aliphatic carbocycles. The van der Waals surface area contributed by atoms with Crippen molar-refractivity contribution in [1.82, 2.24) is 4.90 Å². The zero-order chi connectivity index (χ0) is 7.40. The number of nitriles is 1. The summed E-state index contributed by atoms with van der Waals surface area (Å²) in [7, 11) is 0. The van der Waals surface area contributed by atoms with E-state index in [0.29, 0.717) is 0 Å². The SMILES string of the molecule is CCC1CCN(C#N)CC1. The first-order valence-corrected chi connectivity index (χ1v) is 4.01. The minimum absolute atomic E-state index is 0.879. The Hall–Kier alpha value is -0.710. The third-order valence-corrected chi connectivity index (χ3v) is 2.33. The van der Waals surface area contributed by atoms with Crippen LogP contribution in [-0.4, -0.2) is 18.0 Å². The van der Waals surface area contributed by atoms with Gasteiger partial charge in [0.1, 0.15) is 0 Å². The van der Waals surface area contributed by atoms with Crippen LogP contribution in [0.15, 0.2) is 0 Å². The van der Waals surface area contributed by atoms with E-state index in [4.69, 9.17) is 5.26 Å². The highest BCUT2D eigenvalue weighted by Gasteiger charge is 2.15. The molecule has 0 aromatic heterocycles. The predicted molar refractivity (Wildman–Crippen MR) is 40.2 cm³/mol. The maximum Gasteiger partial charge on any atom is 0.179 e. The van der Waals surface area contributed by atoms with Crippen molar-refractivity contribution in [3.63, 3.8) is 0 Å². The van der Waals surface area contributed by atoms with Crippen LogP contribution in [0, 0.1) is 17.4 Å². The fraction of sp³-hybridized carbons (Fsp3) is 0.875. The second-order valence-electron chi connectivity index (χ2n) is 2.94. The largest absolute Gasteiger partial charge is 0.311 e. The molecule has 0 atom stereocenters. The molecule has 0 radical (unpaired) electrons. The van der Waals surface area contributed by atoms with Crippen molar-refractivity contribution in [1.29, 1.82) is 5.26 Å². The lowest BCUT2D eigenvalue weighted by Crippen LogP contribution is -2.29. The first-order chi connectivity index (χ1) is 4.86. The summed E-state index contributed by atoms with van der Waals surface area (Å²) in [6.45, 7) is 4.19. The summed E-state index contributed by atoms with van der Waals surface area (Å²) in [5.41, 5.74) is 0. The Kier molecular flexibility index (Phi) is 2.56. The van der Waals surface area contributed by atoms with Crippen LogP contribution in [0.2, 0.25) is 0 Å². The molecule has 56 valence electrons. The van der Waals surface area contributed by atoms with Crippen LogP contribution in [0.3, 0.4) is 0 Å². The van der Waals surface area contributed by atoms with Gasteiger partial charge in [0.25, 0.3) is 0 Å². The number of rotatable bonds is 1. The van der Waals surface area contributed by atoms with Gasteiger partial charge in [0.05, 0.1) is 0 Å². The van der Waals surface area contributed by atoms with Gasteiger partial charge in [0.15, 0.2) is 6.19 Å². The Labute approximate surface area is 62.4 Å². The molecule has 0 saturated carbocycles. The summed E-state index contributed by atoms with van der Waals surface area (Å²) in [6, 6.07) is 0. The molecule has 0 aromatic rings. The maximum atomic E-state index is 8.53. The third-order valence-electron chi connectivity index (χ3n) is 2.33. The van der Waals surface area contributed by atoms with E-state index in [-0.39, 0.29) is 0 Å². The van der Waals surface area contributed by atoms with Crippen molar-refractivity contribution < 1.29 is 0 Å². The van der Waals surface area contributed by atoms with Crippen molar-refractivity contribution in [3.05, 3.63) is 0 Å². The maximum absolute atomic E-state index is 8.53. The molecule has 0 bridgehead atoms. The standard InChI is InChI=1S/C8H14N2/c1-2-8-3-5-10(7-9)6-4-8/h8H,2-6H2,1H3. The van der Waals surface area contributed by atoms with Gasteiger partial charge in [0, 0.05) is 13.1 Å². The highest BCUT2D eigenvalue weighted by atomic mass is 15.1. The Balaban J connectivity index is 2.25. The Morgan fingerprint density at radius 2 is 2.10 bits per heavy atom. The molecule has 0 spiro atoms. The lowest BCUT2D eigenvalue weighted by atomic mass is 9.95. The topological polar surface area (TPSA) is 27.0 Å². The van der Waals surface area contributed by atoms with Gasteiger partial charge in [-0.2, -0.15) is 5.26 Å². The summed E-state index contributed by atoms with van der Waals surface area (Å²) >= 11 is 0.